The fraction of sp³-hybridized carbons (Fsp3) is 0.379. The number of hydrogen-bond acceptors (Lipinski definition) is 8. The number of methoxy groups -OCH3 is 2. The Kier molecular flexibility index (Phi) is 8.43. The zero-order chi connectivity index (χ0) is 29.1. The zero-order valence-electron chi connectivity index (χ0n) is 24.0. The van der Waals surface area contributed by atoms with Gasteiger partial charge in [-0.3, -0.25) is 0 Å². The molecule has 0 aliphatic carbocycles. The minimum Gasteiger partial charge on any atom is -0.467 e. The van der Waals surface area contributed by atoms with E-state index in [-0.39, 0.29) is 28.3 Å². The molecule has 4 aromatic rings. The lowest BCUT2D eigenvalue weighted by molar-refractivity contribution is 0.341. The highest BCUT2D eigenvalue weighted by molar-refractivity contribution is 7.92. The smallest absolute Gasteiger partial charge is 0.324 e. The maximum Gasteiger partial charge on any atom is 0.324 e. The largest absolute Gasteiger partial charge is 0.467 e. The highest BCUT2D eigenvalue weighted by atomic mass is 32.2. The topological polar surface area (TPSA) is 121 Å². The van der Waals surface area contributed by atoms with Crippen LogP contribution in [0.25, 0.3) is 11.1 Å². The fourth-order valence-electron chi connectivity index (χ4n) is 4.44. The van der Waals surface area contributed by atoms with Crippen molar-refractivity contribution in [2.75, 3.05) is 18.9 Å². The molecule has 11 heteroatoms. The first kappa shape index (κ1) is 29.0. The molecule has 0 saturated heterocycles. The van der Waals surface area contributed by atoms with Crippen LogP contribution in [-0.4, -0.2) is 47.1 Å². The molecule has 10 nitrogen and oxygen atoms in total. The summed E-state index contributed by atoms with van der Waals surface area (Å²) in [7, 11) is -1.34. The lowest BCUT2D eigenvalue weighted by Crippen LogP contribution is -2.19. The molecule has 0 atom stereocenters. The number of aromatic nitrogens is 5. The van der Waals surface area contributed by atoms with Crippen LogP contribution in [0.3, 0.4) is 0 Å². The molecule has 2 aromatic carbocycles. The van der Waals surface area contributed by atoms with Gasteiger partial charge in [-0.05, 0) is 41.2 Å². The van der Waals surface area contributed by atoms with Crippen molar-refractivity contribution in [3.8, 4) is 23.1 Å². The van der Waals surface area contributed by atoms with Gasteiger partial charge in [0.1, 0.15) is 5.82 Å². The second-order valence-corrected chi connectivity index (χ2v) is 12.6. The van der Waals surface area contributed by atoms with Crippen LogP contribution in [-0.2, 0) is 28.4 Å². The molecular weight excluding hydrogens is 528 g/mol. The van der Waals surface area contributed by atoms with Crippen molar-refractivity contribution < 1.29 is 17.9 Å². The van der Waals surface area contributed by atoms with Crippen molar-refractivity contribution in [3.05, 3.63) is 71.8 Å². The van der Waals surface area contributed by atoms with E-state index < -0.39 is 10.0 Å². The van der Waals surface area contributed by atoms with Crippen molar-refractivity contribution in [1.82, 2.24) is 24.5 Å². The van der Waals surface area contributed by atoms with Crippen molar-refractivity contribution >= 4 is 16.0 Å². The van der Waals surface area contributed by atoms with E-state index in [1.54, 1.807) is 6.07 Å². The minimum absolute atomic E-state index is 0.0693. The predicted octanol–water partition coefficient (Wildman–Crippen LogP) is 5.10. The van der Waals surface area contributed by atoms with E-state index in [9.17, 15) is 8.42 Å². The van der Waals surface area contributed by atoms with E-state index in [4.69, 9.17) is 9.47 Å². The average molecular weight is 565 g/mol. The van der Waals surface area contributed by atoms with Crippen molar-refractivity contribution in [2.24, 2.45) is 5.92 Å². The molecule has 0 aliphatic rings. The number of anilines is 1. The molecule has 0 amide bonds. The van der Waals surface area contributed by atoms with Gasteiger partial charge < -0.3 is 14.0 Å². The van der Waals surface area contributed by atoms with E-state index in [1.807, 2.05) is 48.8 Å². The molecule has 212 valence electrons. The minimum atomic E-state index is -4.09. The molecule has 0 bridgehead atoms. The Morgan fingerprint density at radius 1 is 0.925 bits per heavy atom. The molecule has 2 aromatic heterocycles. The van der Waals surface area contributed by atoms with Crippen molar-refractivity contribution in [1.29, 1.82) is 0 Å². The summed E-state index contributed by atoms with van der Waals surface area (Å²) in [5.41, 5.74) is 3.41. The number of sulfonamides is 1. The highest BCUT2D eigenvalue weighted by Crippen LogP contribution is 2.31. The standard InChI is InChI=1S/C29H36N6O4S/c1-19(2)16-21-10-13-24(40(36,37)34-26-31-27(38-6)33-28(32-26)39-7)23(17-21)22-11-8-20(9-12-22)18-35-15-14-30-25(35)29(3,4)5/h8-15,17,19H,16,18H2,1-7H3,(H,31,32,33,34). The Bertz CT molecular complexity index is 1550. The third-order valence-electron chi connectivity index (χ3n) is 6.17. The molecular formula is C29H36N6O4S. The normalized spacial score (nSPS) is 12.0. The van der Waals surface area contributed by atoms with Crippen molar-refractivity contribution in [2.45, 2.75) is 57.9 Å². The number of nitrogens with one attached hydrogen (secondary N) is 1. The number of hydrogen-bond donors (Lipinski definition) is 1. The summed E-state index contributed by atoms with van der Waals surface area (Å²) in [5.74, 6) is 1.21. The lowest BCUT2D eigenvalue weighted by atomic mass is 9.95. The Morgan fingerprint density at radius 3 is 2.12 bits per heavy atom. The van der Waals surface area contributed by atoms with Crippen LogP contribution in [0.15, 0.2) is 59.8 Å². The van der Waals surface area contributed by atoms with Crippen LogP contribution < -0.4 is 14.2 Å². The van der Waals surface area contributed by atoms with E-state index in [1.165, 1.54) is 14.2 Å². The quantitative estimate of drug-likeness (QED) is 0.283. The maximum absolute atomic E-state index is 13.6. The lowest BCUT2D eigenvalue weighted by Gasteiger charge is -2.20. The summed E-state index contributed by atoms with van der Waals surface area (Å²) in [5, 5.41) is 0. The van der Waals surface area contributed by atoms with E-state index in [0.29, 0.717) is 18.0 Å². The average Bonchev–Trinajstić information content (AvgIpc) is 3.37. The van der Waals surface area contributed by atoms with Gasteiger partial charge in [-0.1, -0.05) is 65.0 Å². The first-order chi connectivity index (χ1) is 18.9. The van der Waals surface area contributed by atoms with Crippen LogP contribution in [0, 0.1) is 5.92 Å². The summed E-state index contributed by atoms with van der Waals surface area (Å²) in [6.45, 7) is 11.3. The molecule has 0 spiro atoms. The third kappa shape index (κ3) is 6.77. The Labute approximate surface area is 235 Å². The van der Waals surface area contributed by atoms with Gasteiger partial charge in [0.05, 0.1) is 19.1 Å². The predicted molar refractivity (Wildman–Crippen MR) is 154 cm³/mol. The Hall–Kier alpha value is -3.99. The molecule has 0 aliphatic heterocycles. The van der Waals surface area contributed by atoms with Gasteiger partial charge in [-0.15, -0.1) is 4.98 Å². The molecule has 0 unspecified atom stereocenters. The van der Waals surface area contributed by atoms with Gasteiger partial charge in [0.15, 0.2) is 0 Å². The second kappa shape index (κ2) is 11.6. The zero-order valence-corrected chi connectivity index (χ0v) is 24.8. The van der Waals surface area contributed by atoms with Gasteiger partial charge in [0, 0.05) is 29.9 Å². The SMILES string of the molecule is COc1nc(NS(=O)(=O)c2ccc(CC(C)C)cc2-c2ccc(Cn3ccnc3C(C)(C)C)cc2)nc(OC)n1. The van der Waals surface area contributed by atoms with Crippen LogP contribution >= 0.6 is 0 Å². The molecule has 0 fully saturated rings. The van der Waals surface area contributed by atoms with Gasteiger partial charge in [0.2, 0.25) is 5.95 Å². The van der Waals surface area contributed by atoms with E-state index in [0.717, 1.165) is 28.9 Å². The Morgan fingerprint density at radius 2 is 1.55 bits per heavy atom. The number of nitrogens with zero attached hydrogens (tertiary/aromatic N) is 5. The third-order valence-corrected chi connectivity index (χ3v) is 7.55. The number of imidazole rings is 1. The summed E-state index contributed by atoms with van der Waals surface area (Å²) < 4.78 is 42.0. The van der Waals surface area contributed by atoms with Gasteiger partial charge in [0.25, 0.3) is 10.0 Å². The Balaban J connectivity index is 1.71. The highest BCUT2D eigenvalue weighted by Gasteiger charge is 2.23. The summed E-state index contributed by atoms with van der Waals surface area (Å²) in [6.07, 6.45) is 4.61. The maximum atomic E-state index is 13.6. The molecule has 2 heterocycles. The molecule has 0 radical (unpaired) electrons. The first-order valence-corrected chi connectivity index (χ1v) is 14.5. The second-order valence-electron chi connectivity index (χ2n) is 11.0. The fourth-order valence-corrected chi connectivity index (χ4v) is 5.60. The van der Waals surface area contributed by atoms with E-state index in [2.05, 4.69) is 63.8 Å². The molecule has 1 N–H and O–H groups in total. The molecule has 40 heavy (non-hydrogen) atoms. The first-order valence-electron chi connectivity index (χ1n) is 13.0. The molecule has 0 saturated carbocycles. The van der Waals surface area contributed by atoms with Crippen LogP contribution in [0.5, 0.6) is 12.0 Å². The van der Waals surface area contributed by atoms with Crippen LogP contribution in [0.2, 0.25) is 0 Å². The number of rotatable bonds is 10. The number of benzene rings is 2. The summed E-state index contributed by atoms with van der Waals surface area (Å²) in [6, 6.07) is 13.2. The van der Waals surface area contributed by atoms with Gasteiger partial charge >= 0.3 is 12.0 Å². The van der Waals surface area contributed by atoms with Gasteiger partial charge in [-0.25, -0.2) is 18.1 Å². The van der Waals surface area contributed by atoms with Crippen molar-refractivity contribution in [3.63, 3.8) is 0 Å². The van der Waals surface area contributed by atoms with Crippen LogP contribution in [0.4, 0.5) is 5.95 Å². The van der Waals surface area contributed by atoms with E-state index >= 15 is 0 Å². The number of ether oxygens (including phenoxy) is 2. The van der Waals surface area contributed by atoms with Gasteiger partial charge in [-0.2, -0.15) is 9.97 Å². The van der Waals surface area contributed by atoms with Crippen LogP contribution in [0.1, 0.15) is 51.6 Å². The molecule has 4 rings (SSSR count). The summed E-state index contributed by atoms with van der Waals surface area (Å²) in [4.78, 5) is 16.6. The summed E-state index contributed by atoms with van der Waals surface area (Å²) >= 11 is 0. The monoisotopic (exact) mass is 564 g/mol.